The maximum absolute atomic E-state index is 12.9. The molecule has 8 heteroatoms. The van der Waals surface area contributed by atoms with Crippen LogP contribution >= 0.6 is 0 Å². The molecule has 0 aromatic heterocycles. The summed E-state index contributed by atoms with van der Waals surface area (Å²) < 4.78 is 39.1. The molecule has 1 aliphatic heterocycles. The highest BCUT2D eigenvalue weighted by Gasteiger charge is 2.24. The van der Waals surface area contributed by atoms with Crippen LogP contribution in [0.25, 0.3) is 10.8 Å². The largest absolute Gasteiger partial charge is 0.496 e. The third-order valence-corrected chi connectivity index (χ3v) is 6.69. The second kappa shape index (κ2) is 9.05. The summed E-state index contributed by atoms with van der Waals surface area (Å²) in [6.45, 7) is 1.98. The zero-order valence-corrected chi connectivity index (χ0v) is 18.0. The summed E-state index contributed by atoms with van der Waals surface area (Å²) in [5.74, 6) is 0.0664. The van der Waals surface area contributed by atoms with E-state index in [1.165, 1.54) is 25.3 Å². The molecule has 4 rings (SSSR count). The first-order valence-electron chi connectivity index (χ1n) is 10.0. The van der Waals surface area contributed by atoms with Gasteiger partial charge in [0.05, 0.1) is 30.8 Å². The Balaban J connectivity index is 1.56. The van der Waals surface area contributed by atoms with Crippen molar-refractivity contribution in [2.24, 2.45) is 0 Å². The average molecular weight is 441 g/mol. The smallest absolute Gasteiger partial charge is 0.257 e. The Morgan fingerprint density at radius 2 is 1.77 bits per heavy atom. The number of carbonyl (C=O) groups is 1. The number of carbonyl (C=O) groups excluding carboxylic acids is 1. The van der Waals surface area contributed by atoms with Crippen LogP contribution in [0.1, 0.15) is 15.9 Å². The zero-order chi connectivity index (χ0) is 21.8. The molecule has 0 bridgehead atoms. The lowest BCUT2D eigenvalue weighted by Crippen LogP contribution is -2.40. The molecule has 162 valence electrons. The summed E-state index contributed by atoms with van der Waals surface area (Å²) in [5.41, 5.74) is 1.07. The number of hydrogen-bond acceptors (Lipinski definition) is 5. The fourth-order valence-corrected chi connectivity index (χ4v) is 4.61. The Kier molecular flexibility index (Phi) is 6.22. The van der Waals surface area contributed by atoms with Gasteiger partial charge in [-0.05, 0) is 40.6 Å². The molecule has 31 heavy (non-hydrogen) atoms. The van der Waals surface area contributed by atoms with Crippen LogP contribution in [0.2, 0.25) is 0 Å². The van der Waals surface area contributed by atoms with Crippen molar-refractivity contribution in [2.45, 2.75) is 11.4 Å². The number of rotatable bonds is 6. The van der Waals surface area contributed by atoms with Gasteiger partial charge in [0.15, 0.2) is 0 Å². The highest BCUT2D eigenvalue weighted by atomic mass is 32.2. The molecule has 1 fully saturated rings. The molecule has 1 aliphatic rings. The first-order chi connectivity index (χ1) is 15.0. The zero-order valence-electron chi connectivity index (χ0n) is 17.2. The fourth-order valence-electron chi connectivity index (χ4n) is 3.57. The van der Waals surface area contributed by atoms with E-state index in [0.29, 0.717) is 32.1 Å². The van der Waals surface area contributed by atoms with Crippen molar-refractivity contribution in [1.29, 1.82) is 0 Å². The van der Waals surface area contributed by atoms with Crippen molar-refractivity contribution in [3.8, 4) is 5.75 Å². The maximum Gasteiger partial charge on any atom is 0.257 e. The van der Waals surface area contributed by atoms with Crippen LogP contribution < -0.4 is 9.46 Å². The van der Waals surface area contributed by atoms with Gasteiger partial charge in [-0.1, -0.05) is 36.4 Å². The molecule has 3 aromatic rings. The van der Waals surface area contributed by atoms with Gasteiger partial charge in [-0.25, -0.2) is 13.1 Å². The maximum atomic E-state index is 12.9. The van der Waals surface area contributed by atoms with Gasteiger partial charge < -0.3 is 14.4 Å². The van der Waals surface area contributed by atoms with Crippen molar-refractivity contribution in [3.05, 3.63) is 71.8 Å². The number of morpholine rings is 1. The van der Waals surface area contributed by atoms with E-state index < -0.39 is 10.0 Å². The van der Waals surface area contributed by atoms with Gasteiger partial charge in [-0.3, -0.25) is 4.79 Å². The van der Waals surface area contributed by atoms with E-state index in [1.807, 2.05) is 42.5 Å². The molecule has 1 N–H and O–H groups in total. The highest BCUT2D eigenvalue weighted by molar-refractivity contribution is 7.89. The molecule has 1 heterocycles. The Bertz CT molecular complexity index is 1200. The summed E-state index contributed by atoms with van der Waals surface area (Å²) in [7, 11) is -2.37. The molecule has 0 radical (unpaired) electrons. The normalized spacial score (nSPS) is 14.5. The van der Waals surface area contributed by atoms with E-state index in [0.717, 1.165) is 16.3 Å². The predicted molar refractivity (Wildman–Crippen MR) is 118 cm³/mol. The number of ether oxygens (including phenoxy) is 2. The van der Waals surface area contributed by atoms with Gasteiger partial charge in [-0.2, -0.15) is 0 Å². The Morgan fingerprint density at radius 3 is 2.52 bits per heavy atom. The predicted octanol–water partition coefficient (Wildman–Crippen LogP) is 2.80. The molecular formula is C23H24N2O5S. The summed E-state index contributed by atoms with van der Waals surface area (Å²) in [6, 6.07) is 18.0. The van der Waals surface area contributed by atoms with Crippen LogP contribution in [0.5, 0.6) is 5.75 Å². The number of sulfonamides is 1. The topological polar surface area (TPSA) is 84.9 Å². The van der Waals surface area contributed by atoms with Crippen molar-refractivity contribution < 1.29 is 22.7 Å². The molecule has 3 aromatic carbocycles. The van der Waals surface area contributed by atoms with Crippen LogP contribution in [-0.2, 0) is 21.3 Å². The quantitative estimate of drug-likeness (QED) is 0.637. The van der Waals surface area contributed by atoms with Gasteiger partial charge in [0, 0.05) is 19.6 Å². The van der Waals surface area contributed by atoms with Crippen LogP contribution in [0, 0.1) is 0 Å². The number of nitrogens with zero attached hydrogens (tertiary/aromatic N) is 1. The molecule has 0 aliphatic carbocycles. The lowest BCUT2D eigenvalue weighted by Gasteiger charge is -2.27. The van der Waals surface area contributed by atoms with Gasteiger partial charge in [0.1, 0.15) is 5.75 Å². The first-order valence-corrected chi connectivity index (χ1v) is 11.5. The number of nitrogens with one attached hydrogen (secondary N) is 1. The number of benzene rings is 3. The summed E-state index contributed by atoms with van der Waals surface area (Å²) in [5, 5.41) is 2.14. The average Bonchev–Trinajstić information content (AvgIpc) is 2.82. The molecular weight excluding hydrogens is 416 g/mol. The van der Waals surface area contributed by atoms with Crippen molar-refractivity contribution in [2.75, 3.05) is 33.4 Å². The number of fused-ring (bicyclic) bond motifs is 1. The summed E-state index contributed by atoms with van der Waals surface area (Å²) in [4.78, 5) is 14.6. The van der Waals surface area contributed by atoms with Crippen LogP contribution in [0.4, 0.5) is 0 Å². The molecule has 1 amide bonds. The minimum atomic E-state index is -3.82. The second-order valence-corrected chi connectivity index (χ2v) is 9.04. The molecule has 0 atom stereocenters. The minimum absolute atomic E-state index is 0.0192. The van der Waals surface area contributed by atoms with Crippen LogP contribution in [-0.4, -0.2) is 52.6 Å². The van der Waals surface area contributed by atoms with E-state index in [9.17, 15) is 13.2 Å². The van der Waals surface area contributed by atoms with Gasteiger partial charge >= 0.3 is 0 Å². The summed E-state index contributed by atoms with van der Waals surface area (Å²) >= 11 is 0. The molecule has 7 nitrogen and oxygen atoms in total. The van der Waals surface area contributed by atoms with Crippen molar-refractivity contribution in [1.82, 2.24) is 9.62 Å². The third-order valence-electron chi connectivity index (χ3n) is 5.29. The van der Waals surface area contributed by atoms with E-state index in [1.54, 1.807) is 4.90 Å². The Morgan fingerprint density at radius 1 is 1.03 bits per heavy atom. The van der Waals surface area contributed by atoms with Crippen LogP contribution in [0.15, 0.2) is 65.6 Å². The van der Waals surface area contributed by atoms with Crippen molar-refractivity contribution in [3.63, 3.8) is 0 Å². The SMILES string of the molecule is COc1ccc(S(=O)(=O)NCc2ccc3ccccc3c2)cc1C(=O)N1CCOCC1. The van der Waals surface area contributed by atoms with E-state index in [4.69, 9.17) is 9.47 Å². The number of methoxy groups -OCH3 is 1. The number of amides is 1. The third kappa shape index (κ3) is 4.71. The standard InChI is InChI=1S/C23H24N2O5S/c1-29-22-9-8-20(15-21(22)23(26)25-10-12-30-13-11-25)31(27,28)24-16-17-6-7-18-4-2-3-5-19(18)14-17/h2-9,14-15,24H,10-13,16H2,1H3. The molecule has 1 saturated heterocycles. The Labute approximate surface area is 181 Å². The second-order valence-electron chi connectivity index (χ2n) is 7.27. The van der Waals surface area contributed by atoms with Crippen molar-refractivity contribution >= 4 is 26.7 Å². The van der Waals surface area contributed by atoms with Gasteiger partial charge in [0.25, 0.3) is 5.91 Å². The highest BCUT2D eigenvalue weighted by Crippen LogP contribution is 2.25. The lowest BCUT2D eigenvalue weighted by atomic mass is 10.1. The lowest BCUT2D eigenvalue weighted by molar-refractivity contribution is 0.0300. The van der Waals surface area contributed by atoms with Gasteiger partial charge in [0.2, 0.25) is 10.0 Å². The fraction of sp³-hybridized carbons (Fsp3) is 0.261. The molecule has 0 unspecified atom stereocenters. The Hall–Kier alpha value is -2.94. The molecule has 0 saturated carbocycles. The first kappa shape index (κ1) is 21.3. The van der Waals surface area contributed by atoms with Gasteiger partial charge in [-0.15, -0.1) is 0 Å². The van der Waals surface area contributed by atoms with E-state index in [2.05, 4.69) is 4.72 Å². The monoisotopic (exact) mass is 440 g/mol. The molecule has 0 spiro atoms. The van der Waals surface area contributed by atoms with E-state index >= 15 is 0 Å². The summed E-state index contributed by atoms with van der Waals surface area (Å²) in [6.07, 6.45) is 0. The minimum Gasteiger partial charge on any atom is -0.496 e. The van der Waals surface area contributed by atoms with E-state index in [-0.39, 0.29) is 22.9 Å². The van der Waals surface area contributed by atoms with Crippen LogP contribution in [0.3, 0.4) is 0 Å². The number of hydrogen-bond donors (Lipinski definition) is 1.